The number of hydrogen-bond donors (Lipinski definition) is 1. The van der Waals surface area contributed by atoms with Gasteiger partial charge in [-0.1, -0.05) is 66.7 Å². The van der Waals surface area contributed by atoms with Gasteiger partial charge < -0.3 is 5.32 Å². The maximum absolute atomic E-state index is 4.79. The number of rotatable bonds is 4. The molecular formula is C24H20N2. The molecule has 0 bridgehead atoms. The third kappa shape index (κ3) is 3.50. The fourth-order valence-electron chi connectivity index (χ4n) is 3.10. The lowest BCUT2D eigenvalue weighted by Crippen LogP contribution is -1.96. The van der Waals surface area contributed by atoms with E-state index in [2.05, 4.69) is 72.0 Å². The van der Waals surface area contributed by atoms with Gasteiger partial charge in [-0.05, 0) is 48.4 Å². The first kappa shape index (κ1) is 16.1. The van der Waals surface area contributed by atoms with E-state index in [-0.39, 0.29) is 0 Å². The van der Waals surface area contributed by atoms with Gasteiger partial charge in [0.1, 0.15) is 0 Å². The van der Waals surface area contributed by atoms with Crippen molar-refractivity contribution in [3.8, 4) is 22.4 Å². The molecule has 126 valence electrons. The minimum Gasteiger partial charge on any atom is -0.355 e. The molecule has 26 heavy (non-hydrogen) atoms. The zero-order valence-corrected chi connectivity index (χ0v) is 14.7. The van der Waals surface area contributed by atoms with Crippen LogP contribution < -0.4 is 5.32 Å². The van der Waals surface area contributed by atoms with Crippen LogP contribution in [0.1, 0.15) is 5.69 Å². The average molecular weight is 336 g/mol. The number of nitrogens with one attached hydrogen (secondary N) is 1. The van der Waals surface area contributed by atoms with Crippen molar-refractivity contribution in [1.82, 2.24) is 4.98 Å². The Kier molecular flexibility index (Phi) is 4.48. The molecule has 0 radical (unpaired) electrons. The van der Waals surface area contributed by atoms with Gasteiger partial charge in [-0.25, -0.2) is 0 Å². The van der Waals surface area contributed by atoms with E-state index in [1.54, 1.807) is 0 Å². The molecule has 1 N–H and O–H groups in total. The molecular weight excluding hydrogens is 316 g/mol. The van der Waals surface area contributed by atoms with Crippen LogP contribution in [0.4, 0.5) is 11.4 Å². The normalized spacial score (nSPS) is 10.5. The molecule has 0 amide bonds. The van der Waals surface area contributed by atoms with E-state index in [0.29, 0.717) is 0 Å². The second kappa shape index (κ2) is 7.24. The Morgan fingerprint density at radius 2 is 1.31 bits per heavy atom. The van der Waals surface area contributed by atoms with E-state index in [9.17, 15) is 0 Å². The lowest BCUT2D eigenvalue weighted by molar-refractivity contribution is 1.21. The molecule has 0 spiro atoms. The van der Waals surface area contributed by atoms with Crippen LogP contribution >= 0.6 is 0 Å². The predicted octanol–water partition coefficient (Wildman–Crippen LogP) is 6.47. The predicted molar refractivity (Wildman–Crippen MR) is 110 cm³/mol. The second-order valence-electron chi connectivity index (χ2n) is 6.29. The molecule has 4 rings (SSSR count). The van der Waals surface area contributed by atoms with Gasteiger partial charge in [0.2, 0.25) is 0 Å². The smallest absolute Gasteiger partial charge is 0.0732 e. The van der Waals surface area contributed by atoms with Crippen molar-refractivity contribution < 1.29 is 0 Å². The maximum atomic E-state index is 4.79. The lowest BCUT2D eigenvalue weighted by atomic mass is 10.0. The standard InChI is InChI=1S/C24H20N2/c1-18-16-20(19-10-4-2-5-11-19)17-24(25-18)22-14-8-9-15-23(22)26-21-12-6-3-7-13-21/h2-17,26H,1H3. The summed E-state index contributed by atoms with van der Waals surface area (Å²) in [5.74, 6) is 0. The summed E-state index contributed by atoms with van der Waals surface area (Å²) in [5, 5.41) is 3.51. The van der Waals surface area contributed by atoms with Crippen molar-refractivity contribution in [2.75, 3.05) is 5.32 Å². The molecule has 4 aromatic rings. The highest BCUT2D eigenvalue weighted by Gasteiger charge is 2.09. The molecule has 0 aliphatic carbocycles. The SMILES string of the molecule is Cc1cc(-c2ccccc2)cc(-c2ccccc2Nc2ccccc2)n1. The van der Waals surface area contributed by atoms with Crippen molar-refractivity contribution in [3.05, 3.63) is 103 Å². The fourth-order valence-corrected chi connectivity index (χ4v) is 3.10. The van der Waals surface area contributed by atoms with Crippen LogP contribution in [0.5, 0.6) is 0 Å². The Morgan fingerprint density at radius 1 is 0.654 bits per heavy atom. The second-order valence-corrected chi connectivity index (χ2v) is 6.29. The number of hydrogen-bond acceptors (Lipinski definition) is 2. The molecule has 0 fully saturated rings. The van der Waals surface area contributed by atoms with E-state index in [1.807, 2.05) is 37.3 Å². The van der Waals surface area contributed by atoms with Crippen molar-refractivity contribution in [2.45, 2.75) is 6.92 Å². The number of nitrogens with zero attached hydrogens (tertiary/aromatic N) is 1. The van der Waals surface area contributed by atoms with Gasteiger partial charge in [0, 0.05) is 22.6 Å². The van der Waals surface area contributed by atoms with Crippen LogP contribution in [0, 0.1) is 6.92 Å². The Labute approximate surface area is 154 Å². The first-order valence-corrected chi connectivity index (χ1v) is 8.75. The van der Waals surface area contributed by atoms with Gasteiger partial charge in [0.15, 0.2) is 0 Å². The van der Waals surface area contributed by atoms with Crippen LogP contribution in [0.3, 0.4) is 0 Å². The Hall–Kier alpha value is -3.39. The van der Waals surface area contributed by atoms with Crippen molar-refractivity contribution >= 4 is 11.4 Å². The summed E-state index contributed by atoms with van der Waals surface area (Å²) in [5.41, 5.74) is 7.58. The molecule has 0 unspecified atom stereocenters. The molecule has 2 nitrogen and oxygen atoms in total. The highest BCUT2D eigenvalue weighted by molar-refractivity contribution is 5.81. The van der Waals surface area contributed by atoms with Crippen molar-refractivity contribution in [1.29, 1.82) is 0 Å². The maximum Gasteiger partial charge on any atom is 0.0732 e. The zero-order valence-electron chi connectivity index (χ0n) is 14.7. The minimum absolute atomic E-state index is 0.975. The van der Waals surface area contributed by atoms with E-state index < -0.39 is 0 Å². The molecule has 0 aliphatic rings. The number of benzene rings is 3. The highest BCUT2D eigenvalue weighted by atomic mass is 14.9. The fraction of sp³-hybridized carbons (Fsp3) is 0.0417. The molecule has 0 saturated carbocycles. The summed E-state index contributed by atoms with van der Waals surface area (Å²) >= 11 is 0. The summed E-state index contributed by atoms with van der Waals surface area (Å²) in [6.07, 6.45) is 0. The van der Waals surface area contributed by atoms with Crippen LogP contribution in [-0.4, -0.2) is 4.98 Å². The van der Waals surface area contributed by atoms with Crippen LogP contribution in [-0.2, 0) is 0 Å². The lowest BCUT2D eigenvalue weighted by Gasteiger charge is -2.13. The van der Waals surface area contributed by atoms with Gasteiger partial charge in [-0.15, -0.1) is 0 Å². The number of pyridine rings is 1. The zero-order chi connectivity index (χ0) is 17.8. The number of para-hydroxylation sites is 2. The van der Waals surface area contributed by atoms with E-state index >= 15 is 0 Å². The first-order chi connectivity index (χ1) is 12.8. The molecule has 0 aliphatic heterocycles. The molecule has 0 saturated heterocycles. The van der Waals surface area contributed by atoms with Gasteiger partial charge in [-0.3, -0.25) is 4.98 Å². The number of anilines is 2. The minimum atomic E-state index is 0.975. The third-order valence-corrected chi connectivity index (χ3v) is 4.32. The van der Waals surface area contributed by atoms with Gasteiger partial charge >= 0.3 is 0 Å². The quantitative estimate of drug-likeness (QED) is 0.462. The Morgan fingerprint density at radius 3 is 2.08 bits per heavy atom. The Bertz CT molecular complexity index is 1010. The molecule has 0 atom stereocenters. The number of aryl methyl sites for hydroxylation is 1. The number of aromatic nitrogens is 1. The topological polar surface area (TPSA) is 24.9 Å². The van der Waals surface area contributed by atoms with Crippen LogP contribution in [0.15, 0.2) is 97.1 Å². The van der Waals surface area contributed by atoms with Gasteiger partial charge in [-0.2, -0.15) is 0 Å². The van der Waals surface area contributed by atoms with E-state index in [1.165, 1.54) is 11.1 Å². The summed E-state index contributed by atoms with van der Waals surface area (Å²) in [7, 11) is 0. The summed E-state index contributed by atoms with van der Waals surface area (Å²) in [6, 6.07) is 33.2. The molecule has 3 aromatic carbocycles. The summed E-state index contributed by atoms with van der Waals surface area (Å²) in [4.78, 5) is 4.79. The van der Waals surface area contributed by atoms with Crippen molar-refractivity contribution in [2.24, 2.45) is 0 Å². The van der Waals surface area contributed by atoms with Crippen LogP contribution in [0.2, 0.25) is 0 Å². The molecule has 2 heteroatoms. The summed E-state index contributed by atoms with van der Waals surface area (Å²) in [6.45, 7) is 2.04. The monoisotopic (exact) mass is 336 g/mol. The van der Waals surface area contributed by atoms with Gasteiger partial charge in [0.05, 0.1) is 5.69 Å². The molecule has 1 heterocycles. The van der Waals surface area contributed by atoms with E-state index in [0.717, 1.165) is 28.3 Å². The first-order valence-electron chi connectivity index (χ1n) is 8.75. The third-order valence-electron chi connectivity index (χ3n) is 4.32. The van der Waals surface area contributed by atoms with Gasteiger partial charge in [0.25, 0.3) is 0 Å². The van der Waals surface area contributed by atoms with Crippen LogP contribution in [0.25, 0.3) is 22.4 Å². The van der Waals surface area contributed by atoms with Crippen molar-refractivity contribution in [3.63, 3.8) is 0 Å². The Balaban J connectivity index is 1.78. The largest absolute Gasteiger partial charge is 0.355 e. The van der Waals surface area contributed by atoms with E-state index in [4.69, 9.17) is 4.98 Å². The summed E-state index contributed by atoms with van der Waals surface area (Å²) < 4.78 is 0. The highest BCUT2D eigenvalue weighted by Crippen LogP contribution is 2.32. The molecule has 1 aromatic heterocycles. The average Bonchev–Trinajstić information content (AvgIpc) is 2.69.